The van der Waals surface area contributed by atoms with Gasteiger partial charge in [-0.3, -0.25) is 0 Å². The lowest BCUT2D eigenvalue weighted by Crippen LogP contribution is -2.13. The Hall–Kier alpha value is -1.75. The first-order chi connectivity index (χ1) is 8.54. The topological polar surface area (TPSA) is 38.1 Å². The lowest BCUT2D eigenvalue weighted by atomic mass is 10.2. The molecule has 0 atom stereocenters. The highest BCUT2D eigenvalue weighted by Gasteiger charge is 2.05. The number of nitrogens with one attached hydrogen (secondary N) is 1. The van der Waals surface area contributed by atoms with E-state index in [-0.39, 0.29) is 0 Å². The Morgan fingerprint density at radius 2 is 1.78 bits per heavy atom. The Balaban J connectivity index is 1.92. The third kappa shape index (κ3) is 3.13. The van der Waals surface area contributed by atoms with E-state index in [1.165, 1.54) is 12.1 Å². The highest BCUT2D eigenvalue weighted by Crippen LogP contribution is 2.10. The van der Waals surface area contributed by atoms with Gasteiger partial charge in [-0.15, -0.1) is 0 Å². The van der Waals surface area contributed by atoms with Gasteiger partial charge < -0.3 is 9.73 Å². The summed E-state index contributed by atoms with van der Waals surface area (Å²) in [4.78, 5) is 4.20. The van der Waals surface area contributed by atoms with E-state index in [0.717, 1.165) is 17.5 Å². The Morgan fingerprint density at radius 1 is 1.11 bits per heavy atom. The number of hydrogen-bond acceptors (Lipinski definition) is 3. The summed E-state index contributed by atoms with van der Waals surface area (Å²) in [7, 11) is 0. The molecule has 1 aromatic heterocycles. The van der Waals surface area contributed by atoms with Crippen molar-refractivity contribution in [2.24, 2.45) is 0 Å². The van der Waals surface area contributed by atoms with Gasteiger partial charge in [-0.25, -0.2) is 13.8 Å². The fourth-order valence-electron chi connectivity index (χ4n) is 1.64. The third-order valence-corrected chi connectivity index (χ3v) is 2.60. The van der Waals surface area contributed by atoms with Crippen molar-refractivity contribution in [2.75, 3.05) is 0 Å². The third-order valence-electron chi connectivity index (χ3n) is 2.60. The fraction of sp³-hybridized carbons (Fsp3) is 0.308. The molecule has 0 aliphatic heterocycles. The minimum Gasteiger partial charge on any atom is -0.444 e. The Labute approximate surface area is 104 Å². The highest BCUT2D eigenvalue weighted by molar-refractivity contribution is 5.17. The van der Waals surface area contributed by atoms with E-state index in [9.17, 15) is 8.78 Å². The second-order valence-electron chi connectivity index (χ2n) is 4.13. The standard InChI is InChI=1S/C13H14F2N2O/c1-8-9(2)18-13(17-8)7-16-6-10-3-11(14)5-12(15)4-10/h3-5,16H,6-7H2,1-2H3. The average molecular weight is 252 g/mol. The molecule has 0 aliphatic carbocycles. The molecule has 0 amide bonds. The molecule has 5 heteroatoms. The monoisotopic (exact) mass is 252 g/mol. The molecule has 18 heavy (non-hydrogen) atoms. The normalized spacial score (nSPS) is 10.9. The molecule has 96 valence electrons. The zero-order chi connectivity index (χ0) is 13.1. The number of aryl methyl sites for hydroxylation is 2. The van der Waals surface area contributed by atoms with Crippen LogP contribution in [0.3, 0.4) is 0 Å². The SMILES string of the molecule is Cc1nc(CNCc2cc(F)cc(F)c2)oc1C. The summed E-state index contributed by atoms with van der Waals surface area (Å²) in [6.45, 7) is 4.49. The van der Waals surface area contributed by atoms with Crippen molar-refractivity contribution in [1.29, 1.82) is 0 Å². The van der Waals surface area contributed by atoms with Crippen LogP contribution < -0.4 is 5.32 Å². The van der Waals surface area contributed by atoms with Crippen LogP contribution in [-0.4, -0.2) is 4.98 Å². The van der Waals surface area contributed by atoms with Crippen LogP contribution in [0.2, 0.25) is 0 Å². The Morgan fingerprint density at radius 3 is 2.33 bits per heavy atom. The molecule has 0 saturated heterocycles. The summed E-state index contributed by atoms with van der Waals surface area (Å²) in [5.41, 5.74) is 1.40. The van der Waals surface area contributed by atoms with Gasteiger partial charge in [0.25, 0.3) is 0 Å². The average Bonchev–Trinajstić information content (AvgIpc) is 2.57. The van der Waals surface area contributed by atoms with E-state index in [1.54, 1.807) is 0 Å². The van der Waals surface area contributed by atoms with Gasteiger partial charge in [-0.2, -0.15) is 0 Å². The molecule has 0 aliphatic rings. The van der Waals surface area contributed by atoms with Gasteiger partial charge in [0.05, 0.1) is 12.2 Å². The highest BCUT2D eigenvalue weighted by atomic mass is 19.1. The molecule has 0 fully saturated rings. The molecule has 0 radical (unpaired) electrons. The van der Waals surface area contributed by atoms with Gasteiger partial charge in [-0.1, -0.05) is 0 Å². The van der Waals surface area contributed by atoms with E-state index >= 15 is 0 Å². The second kappa shape index (κ2) is 5.27. The molecular weight excluding hydrogens is 238 g/mol. The fourth-order valence-corrected chi connectivity index (χ4v) is 1.64. The van der Waals surface area contributed by atoms with Crippen LogP contribution in [0.4, 0.5) is 8.78 Å². The van der Waals surface area contributed by atoms with Gasteiger partial charge in [0.15, 0.2) is 0 Å². The number of rotatable bonds is 4. The van der Waals surface area contributed by atoms with Crippen LogP contribution in [0.15, 0.2) is 22.6 Å². The first kappa shape index (κ1) is 12.7. The second-order valence-corrected chi connectivity index (χ2v) is 4.13. The van der Waals surface area contributed by atoms with Crippen molar-refractivity contribution in [3.63, 3.8) is 0 Å². The number of halogens is 2. The summed E-state index contributed by atoms with van der Waals surface area (Å²) in [5, 5.41) is 3.02. The van der Waals surface area contributed by atoms with Crippen LogP contribution in [0.1, 0.15) is 22.9 Å². The van der Waals surface area contributed by atoms with Crippen molar-refractivity contribution >= 4 is 0 Å². The quantitative estimate of drug-likeness (QED) is 0.909. The van der Waals surface area contributed by atoms with Gasteiger partial charge >= 0.3 is 0 Å². The lowest BCUT2D eigenvalue weighted by Gasteiger charge is -2.03. The maximum absolute atomic E-state index is 12.9. The summed E-state index contributed by atoms with van der Waals surface area (Å²) in [5.74, 6) is 0.203. The minimum absolute atomic E-state index is 0.356. The van der Waals surface area contributed by atoms with E-state index in [0.29, 0.717) is 24.5 Å². The van der Waals surface area contributed by atoms with E-state index in [4.69, 9.17) is 4.42 Å². The molecule has 0 bridgehead atoms. The number of benzene rings is 1. The molecule has 0 saturated carbocycles. The Bertz CT molecular complexity index is 512. The van der Waals surface area contributed by atoms with Crippen LogP contribution >= 0.6 is 0 Å². The smallest absolute Gasteiger partial charge is 0.208 e. The van der Waals surface area contributed by atoms with Crippen LogP contribution in [-0.2, 0) is 13.1 Å². The molecule has 1 aromatic carbocycles. The van der Waals surface area contributed by atoms with Crippen molar-refractivity contribution in [3.05, 3.63) is 52.7 Å². The van der Waals surface area contributed by atoms with Crippen LogP contribution in [0.25, 0.3) is 0 Å². The van der Waals surface area contributed by atoms with Crippen molar-refractivity contribution < 1.29 is 13.2 Å². The molecule has 1 heterocycles. The number of oxazole rings is 1. The zero-order valence-corrected chi connectivity index (χ0v) is 10.3. The molecule has 2 aromatic rings. The molecule has 0 spiro atoms. The molecule has 2 rings (SSSR count). The lowest BCUT2D eigenvalue weighted by molar-refractivity contribution is 0.448. The molecule has 3 nitrogen and oxygen atoms in total. The first-order valence-electron chi connectivity index (χ1n) is 5.63. The molecule has 0 unspecified atom stereocenters. The van der Waals surface area contributed by atoms with E-state index in [1.807, 2.05) is 13.8 Å². The van der Waals surface area contributed by atoms with Gasteiger partial charge in [0, 0.05) is 12.6 Å². The molecular formula is C13H14F2N2O. The number of hydrogen-bond donors (Lipinski definition) is 1. The van der Waals surface area contributed by atoms with E-state index < -0.39 is 11.6 Å². The summed E-state index contributed by atoms with van der Waals surface area (Å²) in [6.07, 6.45) is 0. The van der Waals surface area contributed by atoms with Gasteiger partial charge in [-0.05, 0) is 31.5 Å². The van der Waals surface area contributed by atoms with Crippen molar-refractivity contribution in [2.45, 2.75) is 26.9 Å². The van der Waals surface area contributed by atoms with Gasteiger partial charge in [0.2, 0.25) is 5.89 Å². The van der Waals surface area contributed by atoms with Crippen molar-refractivity contribution in [1.82, 2.24) is 10.3 Å². The maximum atomic E-state index is 12.9. The van der Waals surface area contributed by atoms with Crippen LogP contribution in [0, 0.1) is 25.5 Å². The number of aromatic nitrogens is 1. The first-order valence-corrected chi connectivity index (χ1v) is 5.63. The minimum atomic E-state index is -0.574. The van der Waals surface area contributed by atoms with Crippen LogP contribution in [0.5, 0.6) is 0 Å². The van der Waals surface area contributed by atoms with Crippen molar-refractivity contribution in [3.8, 4) is 0 Å². The maximum Gasteiger partial charge on any atom is 0.208 e. The zero-order valence-electron chi connectivity index (χ0n) is 10.3. The predicted molar refractivity (Wildman–Crippen MR) is 62.9 cm³/mol. The summed E-state index contributed by atoms with van der Waals surface area (Å²) >= 11 is 0. The van der Waals surface area contributed by atoms with Gasteiger partial charge in [0.1, 0.15) is 17.4 Å². The van der Waals surface area contributed by atoms with E-state index in [2.05, 4.69) is 10.3 Å². The molecule has 1 N–H and O–H groups in total. The number of nitrogens with zero attached hydrogens (tertiary/aromatic N) is 1. The Kier molecular flexibility index (Phi) is 3.72. The largest absolute Gasteiger partial charge is 0.444 e. The predicted octanol–water partition coefficient (Wildman–Crippen LogP) is 2.86. The summed E-state index contributed by atoms with van der Waals surface area (Å²) in [6, 6.07) is 3.44. The summed E-state index contributed by atoms with van der Waals surface area (Å²) < 4.78 is 31.2.